The van der Waals surface area contributed by atoms with Gasteiger partial charge in [-0.15, -0.1) is 0 Å². The van der Waals surface area contributed by atoms with E-state index in [4.69, 9.17) is 5.73 Å². The summed E-state index contributed by atoms with van der Waals surface area (Å²) in [5.74, 6) is 0.451. The lowest BCUT2D eigenvalue weighted by Gasteiger charge is -2.30. The summed E-state index contributed by atoms with van der Waals surface area (Å²) in [6, 6.07) is 5.40. The molecule has 0 amide bonds. The summed E-state index contributed by atoms with van der Waals surface area (Å²) in [4.78, 5) is 0.360. The highest BCUT2D eigenvalue weighted by molar-refractivity contribution is 9.10. The van der Waals surface area contributed by atoms with Gasteiger partial charge in [0.2, 0.25) is 10.0 Å². The lowest BCUT2D eigenvalue weighted by atomic mass is 9.99. The summed E-state index contributed by atoms with van der Waals surface area (Å²) in [7, 11) is -3.40. The fraction of sp³-hybridized carbons (Fsp3) is 0.538. The molecule has 106 valence electrons. The molecule has 0 unspecified atom stereocenters. The van der Waals surface area contributed by atoms with Crippen LogP contribution in [0.3, 0.4) is 0 Å². The molecule has 0 bridgehead atoms. The Balaban J connectivity index is 2.26. The van der Waals surface area contributed by atoms with Crippen LogP contribution in [-0.2, 0) is 10.0 Å². The first kappa shape index (κ1) is 15.0. The van der Waals surface area contributed by atoms with Crippen molar-refractivity contribution < 1.29 is 8.42 Å². The third-order valence-electron chi connectivity index (χ3n) is 3.61. The molecule has 1 aromatic rings. The van der Waals surface area contributed by atoms with Crippen LogP contribution in [0, 0.1) is 12.8 Å². The average Bonchev–Trinajstić information content (AvgIpc) is 2.41. The first-order valence-electron chi connectivity index (χ1n) is 6.41. The number of hydrogen-bond acceptors (Lipinski definition) is 3. The minimum Gasteiger partial charge on any atom is -0.330 e. The molecule has 0 spiro atoms. The van der Waals surface area contributed by atoms with Gasteiger partial charge in [-0.05, 0) is 65.9 Å². The summed E-state index contributed by atoms with van der Waals surface area (Å²) in [5.41, 5.74) is 6.58. The Morgan fingerprint density at radius 1 is 1.37 bits per heavy atom. The van der Waals surface area contributed by atoms with Crippen molar-refractivity contribution in [3.05, 3.63) is 28.2 Å². The zero-order valence-electron chi connectivity index (χ0n) is 11.0. The molecule has 0 aromatic heterocycles. The van der Waals surface area contributed by atoms with E-state index in [2.05, 4.69) is 15.9 Å². The number of nitrogens with two attached hydrogens (primary N) is 1. The van der Waals surface area contributed by atoms with Crippen LogP contribution >= 0.6 is 15.9 Å². The van der Waals surface area contributed by atoms with Crippen molar-refractivity contribution >= 4 is 26.0 Å². The van der Waals surface area contributed by atoms with Crippen molar-refractivity contribution in [2.45, 2.75) is 24.7 Å². The molecule has 0 radical (unpaired) electrons. The second kappa shape index (κ2) is 5.91. The van der Waals surface area contributed by atoms with Crippen molar-refractivity contribution in [3.63, 3.8) is 0 Å². The van der Waals surface area contributed by atoms with Gasteiger partial charge in [-0.3, -0.25) is 0 Å². The fourth-order valence-corrected chi connectivity index (χ4v) is 4.81. The Bertz CT molecular complexity index is 552. The Morgan fingerprint density at radius 2 is 2.00 bits per heavy atom. The number of sulfonamides is 1. The second-order valence-corrected chi connectivity index (χ2v) is 7.78. The maximum Gasteiger partial charge on any atom is 0.244 e. The molecule has 4 nitrogen and oxygen atoms in total. The van der Waals surface area contributed by atoms with E-state index in [1.807, 2.05) is 13.0 Å². The standard InChI is InChI=1S/C13H19BrN2O2S/c1-10-2-3-12(14)13(8-10)19(17,18)16-6-4-11(9-15)5-7-16/h2-3,8,11H,4-7,9,15H2,1H3. The Kier molecular flexibility index (Phi) is 4.66. The summed E-state index contributed by atoms with van der Waals surface area (Å²) in [5, 5.41) is 0. The number of halogens is 1. The van der Waals surface area contributed by atoms with E-state index in [1.54, 1.807) is 16.4 Å². The van der Waals surface area contributed by atoms with Crippen molar-refractivity contribution in [2.75, 3.05) is 19.6 Å². The van der Waals surface area contributed by atoms with Crippen molar-refractivity contribution in [2.24, 2.45) is 11.7 Å². The van der Waals surface area contributed by atoms with Gasteiger partial charge < -0.3 is 5.73 Å². The van der Waals surface area contributed by atoms with Gasteiger partial charge in [-0.2, -0.15) is 4.31 Å². The van der Waals surface area contributed by atoms with Crippen LogP contribution in [0.15, 0.2) is 27.6 Å². The molecule has 0 atom stereocenters. The largest absolute Gasteiger partial charge is 0.330 e. The van der Waals surface area contributed by atoms with Crippen molar-refractivity contribution in [1.29, 1.82) is 0 Å². The van der Waals surface area contributed by atoms with Crippen LogP contribution in [0.1, 0.15) is 18.4 Å². The average molecular weight is 347 g/mol. The Hall–Kier alpha value is -0.430. The number of piperidine rings is 1. The monoisotopic (exact) mass is 346 g/mol. The van der Waals surface area contributed by atoms with Gasteiger partial charge in [0.1, 0.15) is 0 Å². The van der Waals surface area contributed by atoms with Crippen LogP contribution in [0.25, 0.3) is 0 Å². The lowest BCUT2D eigenvalue weighted by molar-refractivity contribution is 0.278. The van der Waals surface area contributed by atoms with Crippen molar-refractivity contribution in [1.82, 2.24) is 4.31 Å². The van der Waals surface area contributed by atoms with E-state index in [0.29, 0.717) is 34.9 Å². The highest BCUT2D eigenvalue weighted by atomic mass is 79.9. The predicted octanol–water partition coefficient (Wildman–Crippen LogP) is 2.12. The van der Waals surface area contributed by atoms with Gasteiger partial charge in [-0.25, -0.2) is 8.42 Å². The Labute approximate surface area is 123 Å². The minimum absolute atomic E-state index is 0.360. The zero-order chi connectivity index (χ0) is 14.0. The molecule has 0 saturated carbocycles. The van der Waals surface area contributed by atoms with E-state index >= 15 is 0 Å². The van der Waals surface area contributed by atoms with Crippen LogP contribution < -0.4 is 5.73 Å². The van der Waals surface area contributed by atoms with E-state index in [0.717, 1.165) is 18.4 Å². The van der Waals surface area contributed by atoms with Crippen molar-refractivity contribution in [3.8, 4) is 0 Å². The number of aryl methyl sites for hydroxylation is 1. The molecule has 6 heteroatoms. The zero-order valence-corrected chi connectivity index (χ0v) is 13.4. The molecular formula is C13H19BrN2O2S. The predicted molar refractivity (Wildman–Crippen MR) is 79.4 cm³/mol. The number of rotatable bonds is 3. The molecule has 2 rings (SSSR count). The van der Waals surface area contributed by atoms with E-state index in [-0.39, 0.29) is 0 Å². The van der Waals surface area contributed by atoms with Gasteiger partial charge in [0.15, 0.2) is 0 Å². The molecule has 1 saturated heterocycles. The van der Waals surface area contributed by atoms with Gasteiger partial charge in [0.25, 0.3) is 0 Å². The second-order valence-electron chi connectivity index (χ2n) is 5.02. The summed E-state index contributed by atoms with van der Waals surface area (Å²) < 4.78 is 27.4. The van der Waals surface area contributed by atoms with Gasteiger partial charge >= 0.3 is 0 Å². The third kappa shape index (κ3) is 3.18. The van der Waals surface area contributed by atoms with Crippen LogP contribution in [0.5, 0.6) is 0 Å². The van der Waals surface area contributed by atoms with Crippen LogP contribution in [0.4, 0.5) is 0 Å². The smallest absolute Gasteiger partial charge is 0.244 e. The fourth-order valence-electron chi connectivity index (χ4n) is 2.33. The molecule has 1 aliphatic heterocycles. The molecule has 1 heterocycles. The van der Waals surface area contributed by atoms with E-state index in [1.165, 1.54) is 0 Å². The van der Waals surface area contributed by atoms with Crippen LogP contribution in [0.2, 0.25) is 0 Å². The minimum atomic E-state index is -3.40. The highest BCUT2D eigenvalue weighted by Gasteiger charge is 2.30. The maximum absolute atomic E-state index is 12.6. The maximum atomic E-state index is 12.6. The van der Waals surface area contributed by atoms with Gasteiger partial charge in [0, 0.05) is 17.6 Å². The Morgan fingerprint density at radius 3 is 2.58 bits per heavy atom. The first-order valence-corrected chi connectivity index (χ1v) is 8.65. The van der Waals surface area contributed by atoms with E-state index in [9.17, 15) is 8.42 Å². The summed E-state index contributed by atoms with van der Waals surface area (Å²) in [6.45, 7) is 3.66. The SMILES string of the molecule is Cc1ccc(Br)c(S(=O)(=O)N2CCC(CN)CC2)c1. The van der Waals surface area contributed by atoms with Crippen LogP contribution in [-0.4, -0.2) is 32.4 Å². The third-order valence-corrected chi connectivity index (χ3v) is 6.50. The number of benzene rings is 1. The quantitative estimate of drug-likeness (QED) is 0.911. The van der Waals surface area contributed by atoms with Gasteiger partial charge in [0.05, 0.1) is 4.90 Å². The van der Waals surface area contributed by atoms with Gasteiger partial charge in [-0.1, -0.05) is 6.07 Å². The normalized spacial score (nSPS) is 18.7. The first-order chi connectivity index (χ1) is 8.95. The topological polar surface area (TPSA) is 63.4 Å². The molecular weight excluding hydrogens is 328 g/mol. The molecule has 1 fully saturated rings. The molecule has 1 aromatic carbocycles. The van der Waals surface area contributed by atoms with E-state index < -0.39 is 10.0 Å². The number of nitrogens with zero attached hydrogens (tertiary/aromatic N) is 1. The molecule has 2 N–H and O–H groups in total. The lowest BCUT2D eigenvalue weighted by Crippen LogP contribution is -2.40. The summed E-state index contributed by atoms with van der Waals surface area (Å²) in [6.07, 6.45) is 1.69. The molecule has 1 aliphatic rings. The summed E-state index contributed by atoms with van der Waals surface area (Å²) >= 11 is 3.33. The number of hydrogen-bond donors (Lipinski definition) is 1. The molecule has 0 aliphatic carbocycles. The highest BCUT2D eigenvalue weighted by Crippen LogP contribution is 2.28. The molecule has 19 heavy (non-hydrogen) atoms.